The zero-order valence-electron chi connectivity index (χ0n) is 32.9. The van der Waals surface area contributed by atoms with Crippen LogP contribution in [-0.4, -0.2) is 15.0 Å². The molecule has 0 unspecified atom stereocenters. The second kappa shape index (κ2) is 13.9. The Morgan fingerprint density at radius 1 is 0.288 bits per heavy atom. The van der Waals surface area contributed by atoms with Gasteiger partial charge in [0.05, 0.1) is 0 Å². The first-order valence-electron chi connectivity index (χ1n) is 20.3. The predicted octanol–water partition coefficient (Wildman–Crippen LogP) is 14.5. The van der Waals surface area contributed by atoms with Crippen LogP contribution >= 0.6 is 0 Å². The summed E-state index contributed by atoms with van der Waals surface area (Å²) in [5, 5.41) is 4.63. The number of fused-ring (bicyclic) bond motifs is 6. The maximum absolute atomic E-state index is 5.42. The quantitative estimate of drug-likeness (QED) is 0.159. The van der Waals surface area contributed by atoms with Crippen molar-refractivity contribution in [3.05, 3.63) is 211 Å². The predicted molar refractivity (Wildman–Crippen MR) is 245 cm³/mol. The van der Waals surface area contributed by atoms with E-state index in [1.165, 1.54) is 44.2 Å². The molecule has 1 aromatic heterocycles. The van der Waals surface area contributed by atoms with E-state index in [0.29, 0.717) is 17.5 Å². The number of hydrogen-bond acceptors (Lipinski definition) is 3. The SMILES string of the molecule is CC1(C)c2ccccc2-c2ccc(-c3c(-c4nc(-c5ccc(-c6ccccc6)cc5)nc(-c5ccc(-c6ccccc6)cc5)n4)c4ccccc4c4ccccc34)cc21. The molecule has 278 valence electrons. The fourth-order valence-corrected chi connectivity index (χ4v) is 9.16. The molecular formula is C56H39N3. The van der Waals surface area contributed by atoms with Crippen LogP contribution in [-0.2, 0) is 5.41 Å². The van der Waals surface area contributed by atoms with E-state index in [1.54, 1.807) is 0 Å². The maximum Gasteiger partial charge on any atom is 0.165 e. The van der Waals surface area contributed by atoms with Crippen LogP contribution in [0, 0.1) is 0 Å². The van der Waals surface area contributed by atoms with Gasteiger partial charge in [-0.15, -0.1) is 0 Å². The zero-order chi connectivity index (χ0) is 39.5. The molecule has 0 bridgehead atoms. The average molecular weight is 754 g/mol. The molecule has 1 aliphatic carbocycles. The largest absolute Gasteiger partial charge is 0.208 e. The lowest BCUT2D eigenvalue weighted by atomic mass is 9.80. The molecule has 0 radical (unpaired) electrons. The minimum atomic E-state index is -0.153. The average Bonchev–Trinajstić information content (AvgIpc) is 3.54. The third-order valence-corrected chi connectivity index (χ3v) is 12.2. The Balaban J connectivity index is 1.17. The fraction of sp³-hybridized carbons (Fsp3) is 0.0536. The summed E-state index contributed by atoms with van der Waals surface area (Å²) in [4.78, 5) is 16.1. The van der Waals surface area contributed by atoms with Crippen molar-refractivity contribution in [3.63, 3.8) is 0 Å². The van der Waals surface area contributed by atoms with Crippen LogP contribution in [0.25, 0.3) is 100 Å². The van der Waals surface area contributed by atoms with Gasteiger partial charge in [0.2, 0.25) is 0 Å². The molecule has 0 spiro atoms. The van der Waals surface area contributed by atoms with Crippen molar-refractivity contribution in [1.29, 1.82) is 0 Å². The van der Waals surface area contributed by atoms with Crippen LogP contribution in [0.15, 0.2) is 200 Å². The van der Waals surface area contributed by atoms with Gasteiger partial charge in [0, 0.05) is 27.7 Å². The normalized spacial score (nSPS) is 12.7. The van der Waals surface area contributed by atoms with Crippen molar-refractivity contribution in [2.45, 2.75) is 19.3 Å². The van der Waals surface area contributed by atoms with E-state index in [-0.39, 0.29) is 5.41 Å². The van der Waals surface area contributed by atoms with Crippen LogP contribution in [0.4, 0.5) is 0 Å². The molecule has 0 fully saturated rings. The molecule has 1 heterocycles. The Hall–Kier alpha value is -7.49. The number of rotatable bonds is 6. The second-order valence-corrected chi connectivity index (χ2v) is 16.0. The summed E-state index contributed by atoms with van der Waals surface area (Å²) in [5.74, 6) is 1.90. The van der Waals surface area contributed by atoms with Gasteiger partial charge in [-0.05, 0) is 77.7 Å². The van der Waals surface area contributed by atoms with Crippen molar-refractivity contribution >= 4 is 21.5 Å². The van der Waals surface area contributed by atoms with Gasteiger partial charge in [-0.25, -0.2) is 15.0 Å². The van der Waals surface area contributed by atoms with Crippen LogP contribution in [0.5, 0.6) is 0 Å². The van der Waals surface area contributed by atoms with Gasteiger partial charge in [-0.3, -0.25) is 0 Å². The topological polar surface area (TPSA) is 38.7 Å². The molecule has 0 N–H and O–H groups in total. The third kappa shape index (κ3) is 5.85. The number of benzene rings is 9. The minimum Gasteiger partial charge on any atom is -0.208 e. The Morgan fingerprint density at radius 2 is 0.678 bits per heavy atom. The molecule has 9 aromatic carbocycles. The van der Waals surface area contributed by atoms with Crippen LogP contribution in [0.1, 0.15) is 25.0 Å². The molecule has 11 rings (SSSR count). The molecule has 0 saturated carbocycles. The first kappa shape index (κ1) is 34.7. The first-order chi connectivity index (χ1) is 29.0. The van der Waals surface area contributed by atoms with Gasteiger partial charge in [0.1, 0.15) is 0 Å². The van der Waals surface area contributed by atoms with Gasteiger partial charge < -0.3 is 0 Å². The lowest BCUT2D eigenvalue weighted by Gasteiger charge is -2.23. The summed E-state index contributed by atoms with van der Waals surface area (Å²) < 4.78 is 0. The summed E-state index contributed by atoms with van der Waals surface area (Å²) in [7, 11) is 0. The molecule has 0 aliphatic heterocycles. The molecule has 0 saturated heterocycles. The summed E-state index contributed by atoms with van der Waals surface area (Å²) in [6.07, 6.45) is 0. The monoisotopic (exact) mass is 753 g/mol. The zero-order valence-corrected chi connectivity index (χ0v) is 32.9. The smallest absolute Gasteiger partial charge is 0.165 e. The molecule has 10 aromatic rings. The van der Waals surface area contributed by atoms with Crippen molar-refractivity contribution in [1.82, 2.24) is 15.0 Å². The first-order valence-corrected chi connectivity index (χ1v) is 20.3. The summed E-state index contributed by atoms with van der Waals surface area (Å²) in [6.45, 7) is 4.69. The van der Waals surface area contributed by atoms with Gasteiger partial charge in [0.15, 0.2) is 17.5 Å². The van der Waals surface area contributed by atoms with Crippen molar-refractivity contribution in [2.75, 3.05) is 0 Å². The van der Waals surface area contributed by atoms with Crippen molar-refractivity contribution < 1.29 is 0 Å². The Kier molecular flexibility index (Phi) is 8.16. The van der Waals surface area contributed by atoms with E-state index in [9.17, 15) is 0 Å². The Morgan fingerprint density at radius 3 is 1.24 bits per heavy atom. The van der Waals surface area contributed by atoms with E-state index in [4.69, 9.17) is 15.0 Å². The van der Waals surface area contributed by atoms with E-state index in [1.807, 2.05) is 12.1 Å². The number of aromatic nitrogens is 3. The molecule has 59 heavy (non-hydrogen) atoms. The van der Waals surface area contributed by atoms with Gasteiger partial charge in [0.25, 0.3) is 0 Å². The second-order valence-electron chi connectivity index (χ2n) is 16.0. The Bertz CT molecular complexity index is 3100. The maximum atomic E-state index is 5.42. The molecule has 3 nitrogen and oxygen atoms in total. The minimum absolute atomic E-state index is 0.153. The summed E-state index contributed by atoms with van der Waals surface area (Å²) in [5.41, 5.74) is 14.9. The Labute approximate surface area is 344 Å². The lowest BCUT2D eigenvalue weighted by Crippen LogP contribution is -2.15. The fourth-order valence-electron chi connectivity index (χ4n) is 9.16. The molecule has 1 aliphatic rings. The van der Waals surface area contributed by atoms with E-state index < -0.39 is 0 Å². The highest BCUT2D eigenvalue weighted by Crippen LogP contribution is 2.51. The molecule has 3 heteroatoms. The van der Waals surface area contributed by atoms with Crippen LogP contribution in [0.2, 0.25) is 0 Å². The van der Waals surface area contributed by atoms with Gasteiger partial charge >= 0.3 is 0 Å². The standard InChI is InChI=1S/C56H39N3/c1-56(2)49-24-14-13-21-45(49)46-34-33-42(35-50(46)56)51-47-22-11-9-19-43(47)44-20-10-12-23-48(44)52(51)55-58-53(40-29-25-38(26-30-40)36-15-5-3-6-16-36)57-54(59-55)41-31-27-39(28-32-41)37-17-7-4-8-18-37/h3-35H,1-2H3. The van der Waals surface area contributed by atoms with Crippen LogP contribution < -0.4 is 0 Å². The highest BCUT2D eigenvalue weighted by Gasteiger charge is 2.35. The molecular weight excluding hydrogens is 715 g/mol. The van der Waals surface area contributed by atoms with Crippen LogP contribution in [0.3, 0.4) is 0 Å². The number of hydrogen-bond donors (Lipinski definition) is 0. The highest BCUT2D eigenvalue weighted by atomic mass is 15.0. The van der Waals surface area contributed by atoms with Crippen molar-refractivity contribution in [2.24, 2.45) is 0 Å². The van der Waals surface area contributed by atoms with E-state index in [2.05, 4.69) is 202 Å². The highest BCUT2D eigenvalue weighted by molar-refractivity contribution is 6.21. The summed E-state index contributed by atoms with van der Waals surface area (Å²) in [6, 6.07) is 71.4. The number of nitrogens with zero attached hydrogens (tertiary/aromatic N) is 3. The van der Waals surface area contributed by atoms with E-state index >= 15 is 0 Å². The molecule has 0 amide bonds. The third-order valence-electron chi connectivity index (χ3n) is 12.2. The summed E-state index contributed by atoms with van der Waals surface area (Å²) >= 11 is 0. The van der Waals surface area contributed by atoms with Crippen molar-refractivity contribution in [3.8, 4) is 78.7 Å². The van der Waals surface area contributed by atoms with Gasteiger partial charge in [-0.2, -0.15) is 0 Å². The van der Waals surface area contributed by atoms with E-state index in [0.717, 1.165) is 49.7 Å². The molecule has 0 atom stereocenters. The lowest BCUT2D eigenvalue weighted by molar-refractivity contribution is 0.660. The van der Waals surface area contributed by atoms with Gasteiger partial charge in [-0.1, -0.05) is 208 Å².